The zero-order valence-corrected chi connectivity index (χ0v) is 14.7. The lowest BCUT2D eigenvalue weighted by molar-refractivity contribution is -0.898. The summed E-state index contributed by atoms with van der Waals surface area (Å²) in [5.74, 6) is -0.663. The van der Waals surface area contributed by atoms with Gasteiger partial charge in [-0.25, -0.2) is 4.79 Å². The quantitative estimate of drug-likeness (QED) is 0.714. The average molecular weight is 380 g/mol. The van der Waals surface area contributed by atoms with Gasteiger partial charge in [0.2, 0.25) is 0 Å². The van der Waals surface area contributed by atoms with Crippen molar-refractivity contribution in [3.63, 3.8) is 0 Å². The summed E-state index contributed by atoms with van der Waals surface area (Å²) < 4.78 is 36.3. The Morgan fingerprint density at radius 2 is 1.44 bits per heavy atom. The van der Waals surface area contributed by atoms with Gasteiger partial charge in [0.15, 0.2) is 6.54 Å². The van der Waals surface area contributed by atoms with E-state index in [1.807, 2.05) is 66.0 Å². The van der Waals surface area contributed by atoms with Gasteiger partial charge in [-0.15, -0.1) is 0 Å². The van der Waals surface area contributed by atoms with Gasteiger partial charge in [0, 0.05) is 11.1 Å². The van der Waals surface area contributed by atoms with E-state index in [2.05, 4.69) is 0 Å². The second kappa shape index (κ2) is 9.18. The number of hydrogen-bond donors (Lipinski definition) is 3. The first kappa shape index (κ1) is 20.4. The molecular weight excluding hydrogens is 359 g/mol. The van der Waals surface area contributed by atoms with Crippen molar-refractivity contribution in [1.29, 1.82) is 0 Å². The van der Waals surface area contributed by atoms with Gasteiger partial charge in [-0.2, -0.15) is 13.2 Å². The average Bonchev–Trinajstić information content (AvgIpc) is 2.61. The molecule has 0 radical (unpaired) electrons. The molecule has 0 aromatic heterocycles. The summed E-state index contributed by atoms with van der Waals surface area (Å²) in [4.78, 5) is 24.3. The van der Waals surface area contributed by atoms with Gasteiger partial charge in [-0.1, -0.05) is 60.7 Å². The van der Waals surface area contributed by atoms with Gasteiger partial charge in [0.05, 0.1) is 7.05 Å². The minimum Gasteiger partial charge on any atom is -0.329 e. The molecule has 3 amide bonds. The van der Waals surface area contributed by atoms with Crippen molar-refractivity contribution < 1.29 is 27.7 Å². The Morgan fingerprint density at radius 3 is 1.89 bits per heavy atom. The first-order chi connectivity index (χ1) is 12.8. The normalized spacial score (nSPS) is 12.5. The Labute approximate surface area is 155 Å². The van der Waals surface area contributed by atoms with Crippen molar-refractivity contribution in [2.45, 2.75) is 12.2 Å². The molecule has 1 atom stereocenters. The number of alkyl halides is 3. The summed E-state index contributed by atoms with van der Waals surface area (Å²) in [6.45, 7) is -1.58. The first-order valence-electron chi connectivity index (χ1n) is 8.33. The molecule has 2 aromatic carbocycles. The summed E-state index contributed by atoms with van der Waals surface area (Å²) in [7, 11) is 1.79. The van der Waals surface area contributed by atoms with E-state index in [9.17, 15) is 22.8 Å². The number of rotatable bonds is 6. The number of halogens is 3. The highest BCUT2D eigenvalue weighted by molar-refractivity contribution is 5.94. The SMILES string of the molecule is C[NH+](CC(=O)NC(=O)NCC(F)(F)F)C(c1ccccc1)c1ccccc1. The van der Waals surface area contributed by atoms with Gasteiger partial charge >= 0.3 is 12.2 Å². The molecule has 0 aliphatic rings. The van der Waals surface area contributed by atoms with E-state index in [0.717, 1.165) is 16.0 Å². The van der Waals surface area contributed by atoms with Gasteiger partial charge in [-0.3, -0.25) is 10.1 Å². The number of imide groups is 1. The zero-order valence-electron chi connectivity index (χ0n) is 14.7. The van der Waals surface area contributed by atoms with Crippen molar-refractivity contribution in [3.8, 4) is 0 Å². The number of carbonyl (C=O) groups is 2. The number of quaternary nitrogens is 1. The van der Waals surface area contributed by atoms with E-state index in [-0.39, 0.29) is 12.6 Å². The molecule has 0 spiro atoms. The largest absolute Gasteiger partial charge is 0.405 e. The summed E-state index contributed by atoms with van der Waals surface area (Å²) in [5.41, 5.74) is 1.96. The number of carbonyl (C=O) groups excluding carboxylic acids is 2. The smallest absolute Gasteiger partial charge is 0.329 e. The maximum absolute atomic E-state index is 12.1. The maximum atomic E-state index is 12.1. The minimum absolute atomic E-state index is 0.0894. The molecule has 27 heavy (non-hydrogen) atoms. The lowest BCUT2D eigenvalue weighted by atomic mass is 9.97. The Bertz CT molecular complexity index is 712. The highest BCUT2D eigenvalue weighted by atomic mass is 19.4. The van der Waals surface area contributed by atoms with Crippen LogP contribution in [0.2, 0.25) is 0 Å². The Balaban J connectivity index is 2.05. The van der Waals surface area contributed by atoms with Crippen molar-refractivity contribution >= 4 is 11.9 Å². The second-order valence-electron chi connectivity index (χ2n) is 6.12. The summed E-state index contributed by atoms with van der Waals surface area (Å²) in [6, 6.07) is 17.8. The highest BCUT2D eigenvalue weighted by Crippen LogP contribution is 2.18. The van der Waals surface area contributed by atoms with Crippen LogP contribution in [0.1, 0.15) is 17.2 Å². The van der Waals surface area contributed by atoms with Crippen LogP contribution in [0, 0.1) is 0 Å². The maximum Gasteiger partial charge on any atom is 0.405 e. The third-order valence-electron chi connectivity index (χ3n) is 3.90. The molecule has 0 saturated carbocycles. The number of amides is 3. The lowest BCUT2D eigenvalue weighted by Gasteiger charge is -2.25. The molecule has 5 nitrogen and oxygen atoms in total. The fourth-order valence-corrected chi connectivity index (χ4v) is 2.80. The third kappa shape index (κ3) is 6.74. The Kier molecular flexibility index (Phi) is 6.95. The fraction of sp³-hybridized carbons (Fsp3) is 0.263. The van der Waals surface area contributed by atoms with Crippen LogP contribution >= 0.6 is 0 Å². The fourth-order valence-electron chi connectivity index (χ4n) is 2.80. The summed E-state index contributed by atoms with van der Waals surface area (Å²) in [6.07, 6.45) is -4.53. The van der Waals surface area contributed by atoms with E-state index in [1.165, 1.54) is 0 Å². The van der Waals surface area contributed by atoms with Crippen molar-refractivity contribution in [2.75, 3.05) is 20.1 Å². The molecule has 1 unspecified atom stereocenters. The molecule has 8 heteroatoms. The van der Waals surface area contributed by atoms with Crippen LogP contribution in [0.3, 0.4) is 0 Å². The zero-order chi connectivity index (χ0) is 19.9. The van der Waals surface area contributed by atoms with Gasteiger partial charge in [0.25, 0.3) is 5.91 Å². The van der Waals surface area contributed by atoms with Crippen LogP contribution in [0.5, 0.6) is 0 Å². The predicted octanol–water partition coefficient (Wildman–Crippen LogP) is 1.68. The molecule has 3 N–H and O–H groups in total. The number of benzene rings is 2. The predicted molar refractivity (Wildman–Crippen MR) is 94.1 cm³/mol. The molecule has 0 heterocycles. The molecule has 0 saturated heterocycles. The van der Waals surface area contributed by atoms with Crippen LogP contribution in [-0.4, -0.2) is 38.3 Å². The molecule has 0 aliphatic carbocycles. The van der Waals surface area contributed by atoms with Crippen LogP contribution in [-0.2, 0) is 4.79 Å². The topological polar surface area (TPSA) is 62.6 Å². The molecule has 0 aliphatic heterocycles. The molecule has 144 valence electrons. The van der Waals surface area contributed by atoms with Crippen molar-refractivity contribution in [3.05, 3.63) is 71.8 Å². The van der Waals surface area contributed by atoms with E-state index < -0.39 is 24.7 Å². The van der Waals surface area contributed by atoms with Crippen LogP contribution in [0.4, 0.5) is 18.0 Å². The highest BCUT2D eigenvalue weighted by Gasteiger charge is 2.29. The van der Waals surface area contributed by atoms with Crippen molar-refractivity contribution in [1.82, 2.24) is 10.6 Å². The monoisotopic (exact) mass is 380 g/mol. The number of hydrogen-bond acceptors (Lipinski definition) is 2. The number of likely N-dealkylation sites (N-methyl/N-ethyl adjacent to an activating group) is 1. The lowest BCUT2D eigenvalue weighted by Crippen LogP contribution is -3.10. The van der Waals surface area contributed by atoms with Gasteiger partial charge < -0.3 is 10.2 Å². The van der Waals surface area contributed by atoms with Gasteiger partial charge in [-0.05, 0) is 0 Å². The minimum atomic E-state index is -4.53. The van der Waals surface area contributed by atoms with E-state index >= 15 is 0 Å². The molecule has 0 bridgehead atoms. The first-order valence-corrected chi connectivity index (χ1v) is 8.33. The standard InChI is InChI=1S/C19H20F3N3O2/c1-25(12-16(26)24-18(27)23-13-19(20,21)22)17(14-8-4-2-5-9-14)15-10-6-3-7-11-15/h2-11,17H,12-13H2,1H3,(H2,23,24,26,27)/p+1. The Hall–Kier alpha value is -2.87. The molecular formula is C19H21F3N3O2+. The van der Waals surface area contributed by atoms with Crippen LogP contribution in [0.15, 0.2) is 60.7 Å². The van der Waals surface area contributed by atoms with Crippen molar-refractivity contribution in [2.24, 2.45) is 0 Å². The number of nitrogens with one attached hydrogen (secondary N) is 3. The van der Waals surface area contributed by atoms with Crippen LogP contribution < -0.4 is 15.5 Å². The van der Waals surface area contributed by atoms with Crippen LogP contribution in [0.25, 0.3) is 0 Å². The van der Waals surface area contributed by atoms with E-state index in [0.29, 0.717) is 0 Å². The Morgan fingerprint density at radius 1 is 0.963 bits per heavy atom. The second-order valence-corrected chi connectivity index (χ2v) is 6.12. The summed E-state index contributed by atoms with van der Waals surface area (Å²) in [5, 5.41) is 3.55. The number of urea groups is 1. The van der Waals surface area contributed by atoms with E-state index in [4.69, 9.17) is 0 Å². The molecule has 0 fully saturated rings. The third-order valence-corrected chi connectivity index (χ3v) is 3.90. The molecule has 2 rings (SSSR count). The van der Waals surface area contributed by atoms with Gasteiger partial charge in [0.1, 0.15) is 12.6 Å². The summed E-state index contributed by atoms with van der Waals surface area (Å²) >= 11 is 0. The van der Waals surface area contributed by atoms with E-state index in [1.54, 1.807) is 12.4 Å². The molecule has 2 aromatic rings.